The predicted octanol–water partition coefficient (Wildman–Crippen LogP) is 6.29. The Hall–Kier alpha value is -1.38. The van der Waals surface area contributed by atoms with Gasteiger partial charge in [-0.15, -0.1) is 11.3 Å². The summed E-state index contributed by atoms with van der Waals surface area (Å²) >= 11 is 5.50. The van der Waals surface area contributed by atoms with Crippen LogP contribution < -0.4 is 0 Å². The number of fused-ring (bicyclic) bond motifs is 3. The first-order chi connectivity index (χ1) is 9.83. The van der Waals surface area contributed by atoms with Gasteiger partial charge in [-0.05, 0) is 53.1 Å². The first-order valence-electron chi connectivity index (χ1n) is 6.80. The molecule has 0 N–H and O–H groups in total. The molecule has 0 saturated carbocycles. The van der Waals surface area contributed by atoms with Crippen molar-refractivity contribution in [2.75, 3.05) is 0 Å². The Kier molecular flexibility index (Phi) is 3.01. The Balaban J connectivity index is 2.01. The van der Waals surface area contributed by atoms with E-state index in [-0.39, 0.29) is 0 Å². The van der Waals surface area contributed by atoms with Crippen molar-refractivity contribution in [3.8, 4) is 11.1 Å². The molecule has 0 atom stereocenters. The third-order valence-electron chi connectivity index (χ3n) is 3.82. The molecule has 2 heteroatoms. The molecule has 1 aliphatic carbocycles. The van der Waals surface area contributed by atoms with Crippen molar-refractivity contribution in [1.29, 1.82) is 0 Å². The Morgan fingerprint density at radius 1 is 1.05 bits per heavy atom. The average Bonchev–Trinajstić information content (AvgIpc) is 2.86. The number of benzene rings is 2. The summed E-state index contributed by atoms with van der Waals surface area (Å²) in [4.78, 5) is 1.44. The molecule has 0 bridgehead atoms. The Morgan fingerprint density at radius 3 is 2.85 bits per heavy atom. The fraction of sp³-hybridized carbons (Fsp3) is 0.111. The van der Waals surface area contributed by atoms with Crippen LogP contribution in [-0.2, 0) is 6.42 Å². The van der Waals surface area contributed by atoms with Crippen LogP contribution in [0.2, 0.25) is 0 Å². The summed E-state index contributed by atoms with van der Waals surface area (Å²) < 4.78 is 2.55. The van der Waals surface area contributed by atoms with Gasteiger partial charge in [0.2, 0.25) is 0 Å². The topological polar surface area (TPSA) is 0 Å². The first-order valence-corrected chi connectivity index (χ1v) is 8.41. The summed E-state index contributed by atoms with van der Waals surface area (Å²) in [6.45, 7) is 0. The zero-order chi connectivity index (χ0) is 13.5. The van der Waals surface area contributed by atoms with E-state index in [0.29, 0.717) is 0 Å². The molecule has 1 aliphatic rings. The number of hydrogen-bond acceptors (Lipinski definition) is 1. The van der Waals surface area contributed by atoms with E-state index in [9.17, 15) is 0 Å². The van der Waals surface area contributed by atoms with Crippen LogP contribution in [0.25, 0.3) is 27.3 Å². The molecule has 98 valence electrons. The molecule has 4 rings (SSSR count). The molecule has 0 nitrogen and oxygen atoms in total. The molecule has 0 fully saturated rings. The van der Waals surface area contributed by atoms with Crippen molar-refractivity contribution >= 4 is 43.4 Å². The zero-order valence-corrected chi connectivity index (χ0v) is 13.3. The second-order valence-corrected chi connectivity index (χ2v) is 7.05. The molecule has 20 heavy (non-hydrogen) atoms. The smallest absolute Gasteiger partial charge is 0.0430 e. The van der Waals surface area contributed by atoms with E-state index in [0.717, 1.165) is 4.47 Å². The molecule has 0 saturated heterocycles. The van der Waals surface area contributed by atoms with Crippen molar-refractivity contribution in [1.82, 2.24) is 0 Å². The Bertz CT molecular complexity index is 827. The van der Waals surface area contributed by atoms with E-state index >= 15 is 0 Å². The quantitative estimate of drug-likeness (QED) is 0.488. The zero-order valence-electron chi connectivity index (χ0n) is 10.9. The highest BCUT2D eigenvalue weighted by Gasteiger charge is 2.15. The lowest BCUT2D eigenvalue weighted by atomic mass is 9.98. The molecule has 2 aromatic carbocycles. The second-order valence-electron chi connectivity index (χ2n) is 5.08. The number of aryl methyl sites for hydroxylation is 1. The number of hydrogen-bond donors (Lipinski definition) is 0. The van der Waals surface area contributed by atoms with Gasteiger partial charge in [0.25, 0.3) is 0 Å². The van der Waals surface area contributed by atoms with Crippen LogP contribution in [0.4, 0.5) is 0 Å². The highest BCUT2D eigenvalue weighted by molar-refractivity contribution is 9.10. The minimum atomic E-state index is 1.13. The third kappa shape index (κ3) is 1.95. The van der Waals surface area contributed by atoms with Crippen molar-refractivity contribution < 1.29 is 0 Å². The van der Waals surface area contributed by atoms with Crippen LogP contribution in [0.5, 0.6) is 0 Å². The normalized spacial score (nSPS) is 13.7. The fourth-order valence-electron chi connectivity index (χ4n) is 2.88. The van der Waals surface area contributed by atoms with Gasteiger partial charge < -0.3 is 0 Å². The lowest BCUT2D eigenvalue weighted by Gasteiger charge is -2.06. The van der Waals surface area contributed by atoms with Crippen LogP contribution in [0, 0.1) is 0 Å². The van der Waals surface area contributed by atoms with Crippen molar-refractivity contribution in [3.05, 3.63) is 63.5 Å². The molecule has 0 spiro atoms. The first kappa shape index (κ1) is 12.4. The predicted molar refractivity (Wildman–Crippen MR) is 92.3 cm³/mol. The SMILES string of the molecule is Brc1cccc(-c2cccc3c4c(sc23)C=CCC4)c1. The second kappa shape index (κ2) is 4.87. The Morgan fingerprint density at radius 2 is 1.95 bits per heavy atom. The largest absolute Gasteiger partial charge is 0.135 e. The summed E-state index contributed by atoms with van der Waals surface area (Å²) in [6, 6.07) is 15.2. The number of thiophene rings is 1. The van der Waals surface area contributed by atoms with Crippen LogP contribution >= 0.6 is 27.3 Å². The monoisotopic (exact) mass is 340 g/mol. The summed E-state index contributed by atoms with van der Waals surface area (Å²) in [5, 5.41) is 1.44. The molecular formula is C18H13BrS. The molecule has 0 unspecified atom stereocenters. The van der Waals surface area contributed by atoms with E-state index in [1.54, 1.807) is 0 Å². The molecule has 0 radical (unpaired) electrons. The minimum Gasteiger partial charge on any atom is -0.135 e. The molecular weight excluding hydrogens is 328 g/mol. The highest BCUT2D eigenvalue weighted by atomic mass is 79.9. The highest BCUT2D eigenvalue weighted by Crippen LogP contribution is 2.41. The van der Waals surface area contributed by atoms with Crippen molar-refractivity contribution in [2.24, 2.45) is 0 Å². The van der Waals surface area contributed by atoms with Gasteiger partial charge >= 0.3 is 0 Å². The van der Waals surface area contributed by atoms with Gasteiger partial charge in [0.05, 0.1) is 0 Å². The van der Waals surface area contributed by atoms with Gasteiger partial charge in [-0.2, -0.15) is 0 Å². The number of allylic oxidation sites excluding steroid dienone is 1. The van der Waals surface area contributed by atoms with Crippen molar-refractivity contribution in [2.45, 2.75) is 12.8 Å². The molecule has 0 amide bonds. The molecule has 3 aromatic rings. The fourth-order valence-corrected chi connectivity index (χ4v) is 4.60. The van der Waals surface area contributed by atoms with E-state index in [1.165, 1.54) is 44.5 Å². The van der Waals surface area contributed by atoms with Gasteiger partial charge in [-0.25, -0.2) is 0 Å². The van der Waals surface area contributed by atoms with E-state index in [4.69, 9.17) is 0 Å². The lowest BCUT2D eigenvalue weighted by molar-refractivity contribution is 1.01. The average molecular weight is 341 g/mol. The van der Waals surface area contributed by atoms with Gasteiger partial charge in [-0.1, -0.05) is 52.3 Å². The van der Waals surface area contributed by atoms with Crippen LogP contribution in [0.1, 0.15) is 16.9 Å². The summed E-state index contributed by atoms with van der Waals surface area (Å²) in [5.41, 5.74) is 4.16. The van der Waals surface area contributed by atoms with Gasteiger partial charge in [0.15, 0.2) is 0 Å². The standard InChI is InChI=1S/C18H13BrS/c19-13-6-3-5-12(11-13)14-8-4-9-16-15-7-1-2-10-17(15)20-18(14)16/h2-6,8-11H,1,7H2. The molecule has 1 heterocycles. The minimum absolute atomic E-state index is 1.13. The number of rotatable bonds is 1. The summed E-state index contributed by atoms with van der Waals surface area (Å²) in [6.07, 6.45) is 6.92. The van der Waals surface area contributed by atoms with Crippen LogP contribution in [0.15, 0.2) is 53.0 Å². The van der Waals surface area contributed by atoms with Crippen molar-refractivity contribution in [3.63, 3.8) is 0 Å². The van der Waals surface area contributed by atoms with E-state index < -0.39 is 0 Å². The summed E-state index contributed by atoms with van der Waals surface area (Å²) in [5.74, 6) is 0. The summed E-state index contributed by atoms with van der Waals surface area (Å²) in [7, 11) is 0. The Labute approximate surface area is 130 Å². The van der Waals surface area contributed by atoms with E-state index in [2.05, 4.69) is 70.5 Å². The maximum absolute atomic E-state index is 3.57. The van der Waals surface area contributed by atoms with Gasteiger partial charge in [-0.3, -0.25) is 0 Å². The third-order valence-corrected chi connectivity index (χ3v) is 5.56. The number of halogens is 1. The maximum Gasteiger partial charge on any atom is 0.0430 e. The van der Waals surface area contributed by atoms with Gasteiger partial charge in [0, 0.05) is 14.0 Å². The van der Waals surface area contributed by atoms with Crippen LogP contribution in [-0.4, -0.2) is 0 Å². The maximum atomic E-state index is 3.57. The lowest BCUT2D eigenvalue weighted by Crippen LogP contribution is -1.88. The van der Waals surface area contributed by atoms with Gasteiger partial charge in [0.1, 0.15) is 0 Å². The molecule has 0 aliphatic heterocycles. The van der Waals surface area contributed by atoms with E-state index in [1.807, 2.05) is 11.3 Å². The van der Waals surface area contributed by atoms with Crippen LogP contribution in [0.3, 0.4) is 0 Å². The molecule has 1 aromatic heterocycles.